The molecule has 0 aliphatic rings. The standard InChI is InChI=1S/C16H11F4N/c17-14-6-3-12-7-8-21(15(12)9-14)10-11-1-4-13(5-2-11)16(18,19)20/h1-9H,10H2. The van der Waals surface area contributed by atoms with E-state index >= 15 is 0 Å². The quantitative estimate of drug-likeness (QED) is 0.595. The third-order valence-electron chi connectivity index (χ3n) is 3.37. The largest absolute Gasteiger partial charge is 0.416 e. The summed E-state index contributed by atoms with van der Waals surface area (Å²) in [6.07, 6.45) is -2.54. The van der Waals surface area contributed by atoms with Gasteiger partial charge in [-0.1, -0.05) is 12.1 Å². The van der Waals surface area contributed by atoms with Crippen molar-refractivity contribution in [1.29, 1.82) is 0 Å². The molecule has 0 N–H and O–H groups in total. The summed E-state index contributed by atoms with van der Waals surface area (Å²) in [6.45, 7) is 0.394. The summed E-state index contributed by atoms with van der Waals surface area (Å²) in [4.78, 5) is 0. The fraction of sp³-hybridized carbons (Fsp3) is 0.125. The SMILES string of the molecule is Fc1ccc2ccn(Cc3ccc(C(F)(F)F)cc3)c2c1. The highest BCUT2D eigenvalue weighted by Crippen LogP contribution is 2.29. The maximum atomic E-state index is 13.3. The highest BCUT2D eigenvalue weighted by Gasteiger charge is 2.29. The van der Waals surface area contributed by atoms with Crippen LogP contribution in [-0.4, -0.2) is 4.57 Å². The van der Waals surface area contributed by atoms with Crippen molar-refractivity contribution >= 4 is 10.9 Å². The first-order chi connectivity index (χ1) is 9.93. The number of nitrogens with zero attached hydrogens (tertiary/aromatic N) is 1. The van der Waals surface area contributed by atoms with Crippen molar-refractivity contribution in [2.75, 3.05) is 0 Å². The van der Waals surface area contributed by atoms with Crippen LogP contribution < -0.4 is 0 Å². The summed E-state index contributed by atoms with van der Waals surface area (Å²) in [5.41, 5.74) is 0.773. The lowest BCUT2D eigenvalue weighted by Crippen LogP contribution is -2.05. The Morgan fingerprint density at radius 1 is 0.905 bits per heavy atom. The maximum absolute atomic E-state index is 13.3. The van der Waals surface area contributed by atoms with E-state index in [0.717, 1.165) is 28.6 Å². The minimum atomic E-state index is -4.33. The van der Waals surface area contributed by atoms with Crippen molar-refractivity contribution in [3.05, 3.63) is 71.7 Å². The Labute approximate surface area is 118 Å². The third kappa shape index (κ3) is 2.77. The first-order valence-corrected chi connectivity index (χ1v) is 6.34. The van der Waals surface area contributed by atoms with E-state index in [1.54, 1.807) is 16.8 Å². The Bertz CT molecular complexity index is 769. The van der Waals surface area contributed by atoms with E-state index in [4.69, 9.17) is 0 Å². The van der Waals surface area contributed by atoms with Crippen LogP contribution >= 0.6 is 0 Å². The lowest BCUT2D eigenvalue weighted by atomic mass is 10.1. The topological polar surface area (TPSA) is 4.93 Å². The molecular weight excluding hydrogens is 282 g/mol. The molecule has 2 aromatic carbocycles. The Morgan fingerprint density at radius 2 is 1.62 bits per heavy atom. The smallest absolute Gasteiger partial charge is 0.343 e. The van der Waals surface area contributed by atoms with Crippen molar-refractivity contribution in [3.8, 4) is 0 Å². The molecular formula is C16H11F4N. The summed E-state index contributed by atoms with van der Waals surface area (Å²) >= 11 is 0. The van der Waals surface area contributed by atoms with Gasteiger partial charge in [0.15, 0.2) is 0 Å². The highest BCUT2D eigenvalue weighted by atomic mass is 19.4. The molecule has 0 saturated heterocycles. The van der Waals surface area contributed by atoms with Crippen molar-refractivity contribution < 1.29 is 17.6 Å². The molecule has 0 fully saturated rings. The number of halogens is 4. The monoisotopic (exact) mass is 293 g/mol. The van der Waals surface area contributed by atoms with Gasteiger partial charge in [-0.2, -0.15) is 13.2 Å². The van der Waals surface area contributed by atoms with Crippen molar-refractivity contribution in [2.45, 2.75) is 12.7 Å². The van der Waals surface area contributed by atoms with E-state index in [1.165, 1.54) is 24.3 Å². The van der Waals surface area contributed by atoms with Crippen LogP contribution in [0.1, 0.15) is 11.1 Å². The molecule has 0 unspecified atom stereocenters. The Kier molecular flexibility index (Phi) is 3.20. The minimum absolute atomic E-state index is 0.338. The second kappa shape index (κ2) is 4.91. The maximum Gasteiger partial charge on any atom is 0.416 e. The van der Waals surface area contributed by atoms with Crippen LogP contribution in [0.3, 0.4) is 0 Å². The van der Waals surface area contributed by atoms with Gasteiger partial charge in [-0.25, -0.2) is 4.39 Å². The van der Waals surface area contributed by atoms with Gasteiger partial charge in [-0.15, -0.1) is 0 Å². The van der Waals surface area contributed by atoms with E-state index in [0.29, 0.717) is 6.54 Å². The first-order valence-electron chi connectivity index (χ1n) is 6.34. The molecule has 0 spiro atoms. The van der Waals surface area contributed by atoms with Crippen LogP contribution in [0.15, 0.2) is 54.7 Å². The van der Waals surface area contributed by atoms with Crippen molar-refractivity contribution in [1.82, 2.24) is 4.57 Å². The number of fused-ring (bicyclic) bond motifs is 1. The Hall–Kier alpha value is -2.30. The van der Waals surface area contributed by atoms with Crippen LogP contribution in [0.2, 0.25) is 0 Å². The van der Waals surface area contributed by atoms with Gasteiger partial charge in [-0.3, -0.25) is 0 Å². The molecule has 0 amide bonds. The lowest BCUT2D eigenvalue weighted by molar-refractivity contribution is -0.137. The molecule has 0 saturated carbocycles. The second-order valence-corrected chi connectivity index (χ2v) is 4.84. The number of aromatic nitrogens is 1. The van der Waals surface area contributed by atoms with Gasteiger partial charge < -0.3 is 4.57 Å². The third-order valence-corrected chi connectivity index (χ3v) is 3.37. The fourth-order valence-electron chi connectivity index (χ4n) is 2.29. The van der Waals surface area contributed by atoms with E-state index in [-0.39, 0.29) is 5.82 Å². The van der Waals surface area contributed by atoms with Crippen LogP contribution in [0.25, 0.3) is 10.9 Å². The Morgan fingerprint density at radius 3 is 2.29 bits per heavy atom. The molecule has 1 nitrogen and oxygen atoms in total. The molecule has 5 heteroatoms. The van der Waals surface area contributed by atoms with Gasteiger partial charge in [0, 0.05) is 12.7 Å². The highest BCUT2D eigenvalue weighted by molar-refractivity contribution is 5.80. The molecule has 3 aromatic rings. The molecule has 0 bridgehead atoms. The molecule has 1 aromatic heterocycles. The summed E-state index contributed by atoms with van der Waals surface area (Å²) in [6, 6.07) is 11.3. The number of hydrogen-bond acceptors (Lipinski definition) is 0. The normalized spacial score (nSPS) is 12.0. The lowest BCUT2D eigenvalue weighted by Gasteiger charge is -2.09. The zero-order chi connectivity index (χ0) is 15.0. The zero-order valence-corrected chi connectivity index (χ0v) is 10.9. The van der Waals surface area contributed by atoms with Gasteiger partial charge in [0.25, 0.3) is 0 Å². The first kappa shape index (κ1) is 13.7. The average Bonchev–Trinajstić information content (AvgIpc) is 2.81. The van der Waals surface area contributed by atoms with Gasteiger partial charge in [0.1, 0.15) is 5.82 Å². The molecule has 3 rings (SSSR count). The summed E-state index contributed by atoms with van der Waals surface area (Å²) in [7, 11) is 0. The summed E-state index contributed by atoms with van der Waals surface area (Å²) in [5, 5.41) is 0.892. The number of alkyl halides is 3. The van der Waals surface area contributed by atoms with E-state index < -0.39 is 11.7 Å². The zero-order valence-electron chi connectivity index (χ0n) is 10.9. The number of benzene rings is 2. The molecule has 0 aliphatic carbocycles. The Balaban J connectivity index is 1.90. The van der Waals surface area contributed by atoms with E-state index in [9.17, 15) is 17.6 Å². The predicted molar refractivity (Wildman–Crippen MR) is 72.4 cm³/mol. The van der Waals surface area contributed by atoms with Gasteiger partial charge in [0.05, 0.1) is 11.1 Å². The molecule has 1 heterocycles. The van der Waals surface area contributed by atoms with Gasteiger partial charge >= 0.3 is 6.18 Å². The van der Waals surface area contributed by atoms with E-state index in [2.05, 4.69) is 0 Å². The molecule has 0 aliphatic heterocycles. The van der Waals surface area contributed by atoms with Crippen LogP contribution in [0, 0.1) is 5.82 Å². The van der Waals surface area contributed by atoms with E-state index in [1.807, 2.05) is 6.07 Å². The van der Waals surface area contributed by atoms with Crippen molar-refractivity contribution in [2.24, 2.45) is 0 Å². The van der Waals surface area contributed by atoms with Crippen LogP contribution in [-0.2, 0) is 12.7 Å². The van der Waals surface area contributed by atoms with Gasteiger partial charge in [-0.05, 0) is 47.3 Å². The van der Waals surface area contributed by atoms with Gasteiger partial charge in [0.2, 0.25) is 0 Å². The number of rotatable bonds is 2. The average molecular weight is 293 g/mol. The second-order valence-electron chi connectivity index (χ2n) is 4.84. The van der Waals surface area contributed by atoms with Crippen molar-refractivity contribution in [3.63, 3.8) is 0 Å². The fourth-order valence-corrected chi connectivity index (χ4v) is 2.29. The molecule has 0 radical (unpaired) electrons. The van der Waals surface area contributed by atoms with Crippen LogP contribution in [0.5, 0.6) is 0 Å². The molecule has 21 heavy (non-hydrogen) atoms. The number of hydrogen-bond donors (Lipinski definition) is 0. The summed E-state index contributed by atoms with van der Waals surface area (Å²) in [5.74, 6) is -0.338. The van der Waals surface area contributed by atoms with Crippen LogP contribution in [0.4, 0.5) is 17.6 Å². The predicted octanol–water partition coefficient (Wildman–Crippen LogP) is 4.85. The summed E-state index contributed by atoms with van der Waals surface area (Å²) < 4.78 is 52.6. The molecule has 108 valence electrons. The minimum Gasteiger partial charge on any atom is -0.343 e. The molecule has 0 atom stereocenters.